The van der Waals surface area contributed by atoms with E-state index in [1.165, 1.54) is 35.6 Å². The monoisotopic (exact) mass is 411 g/mol. The van der Waals surface area contributed by atoms with E-state index < -0.39 is 16.0 Å². The van der Waals surface area contributed by atoms with Gasteiger partial charge in [-0.25, -0.2) is 13.2 Å². The molecule has 0 atom stereocenters. The van der Waals surface area contributed by atoms with Crippen molar-refractivity contribution < 1.29 is 22.7 Å². The first-order chi connectivity index (χ1) is 13.9. The lowest BCUT2D eigenvalue weighted by Crippen LogP contribution is -2.26. The Bertz CT molecular complexity index is 1080. The number of rotatable bonds is 7. The van der Waals surface area contributed by atoms with Gasteiger partial charge >= 0.3 is 5.97 Å². The van der Waals surface area contributed by atoms with Gasteiger partial charge in [-0.1, -0.05) is 30.3 Å². The first kappa shape index (κ1) is 20.4. The Balaban J connectivity index is 1.69. The maximum Gasteiger partial charge on any atom is 0.338 e. The van der Waals surface area contributed by atoms with Crippen molar-refractivity contribution in [2.24, 2.45) is 0 Å². The summed E-state index contributed by atoms with van der Waals surface area (Å²) in [5.74, 6) is 0.142. The lowest BCUT2D eigenvalue weighted by molar-refractivity contribution is 0.0472. The first-order valence-electron chi connectivity index (χ1n) is 8.86. The van der Waals surface area contributed by atoms with Crippen molar-refractivity contribution >= 4 is 21.7 Å². The Hall–Kier alpha value is -3.32. The summed E-state index contributed by atoms with van der Waals surface area (Å²) in [6, 6.07) is 21.7. The highest BCUT2D eigenvalue weighted by molar-refractivity contribution is 7.92. The largest absolute Gasteiger partial charge is 0.497 e. The van der Waals surface area contributed by atoms with Crippen LogP contribution >= 0.6 is 0 Å². The highest BCUT2D eigenvalue weighted by atomic mass is 32.2. The van der Waals surface area contributed by atoms with E-state index in [1.54, 1.807) is 43.5 Å². The van der Waals surface area contributed by atoms with Gasteiger partial charge in [-0.15, -0.1) is 0 Å². The molecule has 3 aromatic rings. The zero-order chi connectivity index (χ0) is 20.9. The summed E-state index contributed by atoms with van der Waals surface area (Å²) < 4.78 is 37.2. The molecular weight excluding hydrogens is 390 g/mol. The summed E-state index contributed by atoms with van der Waals surface area (Å²) in [4.78, 5) is 12.4. The highest BCUT2D eigenvalue weighted by Gasteiger charge is 2.21. The molecule has 0 aliphatic carbocycles. The van der Waals surface area contributed by atoms with Crippen LogP contribution in [0.5, 0.6) is 5.75 Å². The average molecular weight is 411 g/mol. The van der Waals surface area contributed by atoms with Crippen LogP contribution in [0.1, 0.15) is 15.9 Å². The topological polar surface area (TPSA) is 72.9 Å². The van der Waals surface area contributed by atoms with E-state index in [-0.39, 0.29) is 17.1 Å². The number of methoxy groups -OCH3 is 1. The van der Waals surface area contributed by atoms with Crippen molar-refractivity contribution in [3.63, 3.8) is 0 Å². The SMILES string of the molecule is COc1cccc(COC(=O)c2ccc(S(=O)(=O)N(C)c3ccccc3)cc2)c1. The summed E-state index contributed by atoms with van der Waals surface area (Å²) in [5.41, 5.74) is 1.62. The molecule has 0 aliphatic heterocycles. The van der Waals surface area contributed by atoms with Gasteiger partial charge in [0.15, 0.2) is 0 Å². The minimum absolute atomic E-state index is 0.0901. The normalized spacial score (nSPS) is 11.0. The molecule has 0 aliphatic rings. The first-order valence-corrected chi connectivity index (χ1v) is 10.3. The van der Waals surface area contributed by atoms with E-state index in [0.29, 0.717) is 11.4 Å². The van der Waals surface area contributed by atoms with Crippen molar-refractivity contribution in [2.45, 2.75) is 11.5 Å². The van der Waals surface area contributed by atoms with E-state index in [1.807, 2.05) is 18.2 Å². The Morgan fingerprint density at radius 2 is 1.62 bits per heavy atom. The van der Waals surface area contributed by atoms with Gasteiger partial charge in [-0.2, -0.15) is 0 Å². The van der Waals surface area contributed by atoms with Crippen molar-refractivity contribution in [3.05, 3.63) is 90.0 Å². The minimum Gasteiger partial charge on any atom is -0.497 e. The smallest absolute Gasteiger partial charge is 0.338 e. The predicted octanol–water partition coefficient (Wildman–Crippen LogP) is 3.88. The van der Waals surface area contributed by atoms with Gasteiger partial charge in [0.2, 0.25) is 0 Å². The molecule has 0 bridgehead atoms. The number of hydrogen-bond acceptors (Lipinski definition) is 5. The fourth-order valence-electron chi connectivity index (χ4n) is 2.69. The molecule has 0 saturated heterocycles. The molecule has 3 aromatic carbocycles. The van der Waals surface area contributed by atoms with Gasteiger partial charge in [-0.05, 0) is 54.1 Å². The van der Waals surface area contributed by atoms with Gasteiger partial charge in [0, 0.05) is 7.05 Å². The second-order valence-corrected chi connectivity index (χ2v) is 8.23. The molecule has 6 nitrogen and oxygen atoms in total. The Morgan fingerprint density at radius 3 is 2.28 bits per heavy atom. The van der Waals surface area contributed by atoms with Crippen LogP contribution in [-0.2, 0) is 21.4 Å². The molecule has 0 amide bonds. The number of carbonyl (C=O) groups excluding carboxylic acids is 1. The molecule has 0 heterocycles. The number of para-hydroxylation sites is 1. The molecule has 3 rings (SSSR count). The predicted molar refractivity (Wildman–Crippen MR) is 111 cm³/mol. The van der Waals surface area contributed by atoms with Crippen LogP contribution in [0.4, 0.5) is 5.69 Å². The number of ether oxygens (including phenoxy) is 2. The fraction of sp³-hybridized carbons (Fsp3) is 0.136. The van der Waals surface area contributed by atoms with E-state index in [0.717, 1.165) is 5.56 Å². The van der Waals surface area contributed by atoms with Crippen molar-refractivity contribution in [1.29, 1.82) is 0 Å². The van der Waals surface area contributed by atoms with Crippen molar-refractivity contribution in [2.75, 3.05) is 18.5 Å². The molecule has 0 spiro atoms. The molecule has 7 heteroatoms. The number of sulfonamides is 1. The third kappa shape index (κ3) is 4.75. The van der Waals surface area contributed by atoms with E-state index >= 15 is 0 Å². The average Bonchev–Trinajstić information content (AvgIpc) is 2.77. The quantitative estimate of drug-likeness (QED) is 0.552. The summed E-state index contributed by atoms with van der Waals surface area (Å²) >= 11 is 0. The maximum absolute atomic E-state index is 12.8. The van der Waals surface area contributed by atoms with Crippen LogP contribution in [0, 0.1) is 0 Å². The second kappa shape index (κ2) is 8.79. The molecular formula is C22H21NO5S. The van der Waals surface area contributed by atoms with Crippen LogP contribution < -0.4 is 9.04 Å². The second-order valence-electron chi connectivity index (χ2n) is 6.26. The van der Waals surface area contributed by atoms with Gasteiger partial charge in [0.25, 0.3) is 10.0 Å². The van der Waals surface area contributed by atoms with Crippen LogP contribution in [0.3, 0.4) is 0 Å². The summed E-state index contributed by atoms with van der Waals surface area (Å²) in [5, 5.41) is 0. The Kier molecular flexibility index (Phi) is 6.19. The maximum atomic E-state index is 12.8. The molecule has 0 saturated carbocycles. The lowest BCUT2D eigenvalue weighted by Gasteiger charge is -2.19. The van der Waals surface area contributed by atoms with Crippen molar-refractivity contribution in [1.82, 2.24) is 0 Å². The zero-order valence-corrected chi connectivity index (χ0v) is 16.9. The Morgan fingerprint density at radius 1 is 0.931 bits per heavy atom. The van der Waals surface area contributed by atoms with E-state index in [4.69, 9.17) is 9.47 Å². The van der Waals surface area contributed by atoms with Crippen LogP contribution in [0.25, 0.3) is 0 Å². The van der Waals surface area contributed by atoms with E-state index in [9.17, 15) is 13.2 Å². The number of benzene rings is 3. The summed E-state index contributed by atoms with van der Waals surface area (Å²) in [6.07, 6.45) is 0. The minimum atomic E-state index is -3.73. The van der Waals surface area contributed by atoms with Gasteiger partial charge < -0.3 is 9.47 Å². The van der Waals surface area contributed by atoms with Crippen LogP contribution in [0.15, 0.2) is 83.8 Å². The molecule has 29 heavy (non-hydrogen) atoms. The highest BCUT2D eigenvalue weighted by Crippen LogP contribution is 2.22. The van der Waals surface area contributed by atoms with Crippen LogP contribution in [-0.4, -0.2) is 28.5 Å². The standard InChI is InChI=1S/C22H21NO5S/c1-23(19-8-4-3-5-9-19)29(25,26)21-13-11-18(12-14-21)22(24)28-16-17-7-6-10-20(15-17)27-2/h3-15H,16H2,1-2H3. The summed E-state index contributed by atoms with van der Waals surface area (Å²) in [6.45, 7) is 0.0901. The van der Waals surface area contributed by atoms with Gasteiger partial charge in [0.1, 0.15) is 12.4 Å². The molecule has 0 radical (unpaired) electrons. The van der Waals surface area contributed by atoms with Gasteiger partial charge in [0.05, 0.1) is 23.3 Å². The number of carbonyl (C=O) groups is 1. The van der Waals surface area contributed by atoms with E-state index in [2.05, 4.69) is 0 Å². The van der Waals surface area contributed by atoms with Crippen molar-refractivity contribution in [3.8, 4) is 5.75 Å². The molecule has 0 aromatic heterocycles. The number of nitrogens with zero attached hydrogens (tertiary/aromatic N) is 1. The third-order valence-corrected chi connectivity index (χ3v) is 6.17. The van der Waals surface area contributed by atoms with Gasteiger partial charge in [-0.3, -0.25) is 4.31 Å². The fourth-order valence-corrected chi connectivity index (χ4v) is 3.89. The summed E-state index contributed by atoms with van der Waals surface area (Å²) in [7, 11) is -0.678. The zero-order valence-electron chi connectivity index (χ0n) is 16.1. The number of anilines is 1. The lowest BCUT2D eigenvalue weighted by atomic mass is 10.2. The third-order valence-electron chi connectivity index (χ3n) is 4.37. The molecule has 150 valence electrons. The van der Waals surface area contributed by atoms with Crippen LogP contribution in [0.2, 0.25) is 0 Å². The molecule has 0 fully saturated rings. The number of hydrogen-bond donors (Lipinski definition) is 0. The number of esters is 1. The molecule has 0 unspecified atom stereocenters. The Labute approximate surface area is 170 Å². The molecule has 0 N–H and O–H groups in total.